The van der Waals surface area contributed by atoms with Crippen LogP contribution in [0.4, 0.5) is 4.79 Å². The molecule has 6 nitrogen and oxygen atoms in total. The number of hydrogen-bond acceptors (Lipinski definition) is 4. The lowest BCUT2D eigenvalue weighted by molar-refractivity contribution is -0.133. The van der Waals surface area contributed by atoms with Crippen LogP contribution in [0.25, 0.3) is 0 Å². The molecule has 2 rings (SSSR count). The second kappa shape index (κ2) is 11.1. The molecule has 164 valence electrons. The molecule has 1 aromatic carbocycles. The van der Waals surface area contributed by atoms with Crippen molar-refractivity contribution in [1.29, 1.82) is 0 Å². The summed E-state index contributed by atoms with van der Waals surface area (Å²) in [5.74, 6) is -0.0909. The predicted molar refractivity (Wildman–Crippen MR) is 121 cm³/mol. The molecule has 0 bridgehead atoms. The standard InChI is InChI=1S/C23H33N3O3S/c1-18-11-14-30-20(18)16-26(15-19-9-7-6-8-10-19)21(27)17-25(12-13-29-5)22(28)24-23(2,3)4/h6-11,14H,12-13,15-17H2,1-5H3,(H,24,28). The highest BCUT2D eigenvalue weighted by atomic mass is 32.1. The molecule has 7 heteroatoms. The van der Waals surface area contributed by atoms with Crippen LogP contribution in [0.2, 0.25) is 0 Å². The number of methoxy groups -OCH3 is 1. The van der Waals surface area contributed by atoms with Crippen LogP contribution in [0, 0.1) is 6.92 Å². The summed E-state index contributed by atoms with van der Waals surface area (Å²) in [6.07, 6.45) is 0. The van der Waals surface area contributed by atoms with E-state index in [1.165, 1.54) is 10.5 Å². The quantitative estimate of drug-likeness (QED) is 0.652. The Morgan fingerprint density at radius 2 is 1.77 bits per heavy atom. The first kappa shape index (κ1) is 23.9. The summed E-state index contributed by atoms with van der Waals surface area (Å²) < 4.78 is 5.15. The summed E-state index contributed by atoms with van der Waals surface area (Å²) in [4.78, 5) is 30.5. The van der Waals surface area contributed by atoms with Gasteiger partial charge in [0.05, 0.1) is 13.2 Å². The summed E-state index contributed by atoms with van der Waals surface area (Å²) in [7, 11) is 1.59. The molecule has 0 aliphatic heterocycles. The molecule has 1 N–H and O–H groups in total. The Labute approximate surface area is 183 Å². The van der Waals surface area contributed by atoms with Gasteiger partial charge in [-0.25, -0.2) is 4.79 Å². The molecular formula is C23H33N3O3S. The van der Waals surface area contributed by atoms with E-state index in [9.17, 15) is 9.59 Å². The molecule has 0 spiro atoms. The number of nitrogens with one attached hydrogen (secondary N) is 1. The number of nitrogens with zero attached hydrogens (tertiary/aromatic N) is 2. The molecule has 0 saturated heterocycles. The van der Waals surface area contributed by atoms with E-state index in [4.69, 9.17) is 4.74 Å². The second-order valence-electron chi connectivity index (χ2n) is 8.36. The highest BCUT2D eigenvalue weighted by Gasteiger charge is 2.24. The van der Waals surface area contributed by atoms with E-state index < -0.39 is 0 Å². The third-order valence-electron chi connectivity index (χ3n) is 4.53. The molecule has 0 saturated carbocycles. The van der Waals surface area contributed by atoms with Gasteiger partial charge in [0.1, 0.15) is 6.54 Å². The van der Waals surface area contributed by atoms with Crippen LogP contribution in [-0.2, 0) is 22.6 Å². The average Bonchev–Trinajstić information content (AvgIpc) is 3.08. The average molecular weight is 432 g/mol. The predicted octanol–water partition coefficient (Wildman–Crippen LogP) is 4.04. The Morgan fingerprint density at radius 1 is 1.07 bits per heavy atom. The minimum atomic E-state index is -0.386. The number of ether oxygens (including phenoxy) is 1. The molecule has 2 aromatic rings. The number of aryl methyl sites for hydroxylation is 1. The lowest BCUT2D eigenvalue weighted by atomic mass is 10.1. The van der Waals surface area contributed by atoms with Crippen LogP contribution >= 0.6 is 11.3 Å². The van der Waals surface area contributed by atoms with Crippen molar-refractivity contribution in [3.8, 4) is 0 Å². The van der Waals surface area contributed by atoms with Gasteiger partial charge in [0, 0.05) is 30.6 Å². The fourth-order valence-electron chi connectivity index (χ4n) is 2.89. The summed E-state index contributed by atoms with van der Waals surface area (Å²) >= 11 is 1.65. The highest BCUT2D eigenvalue weighted by Crippen LogP contribution is 2.19. The van der Waals surface area contributed by atoms with Gasteiger partial charge in [-0.3, -0.25) is 4.79 Å². The van der Waals surface area contributed by atoms with E-state index in [1.54, 1.807) is 18.4 Å². The van der Waals surface area contributed by atoms with Gasteiger partial charge >= 0.3 is 6.03 Å². The summed E-state index contributed by atoms with van der Waals surface area (Å²) in [5, 5.41) is 4.98. The lowest BCUT2D eigenvalue weighted by Gasteiger charge is -2.30. The zero-order valence-electron chi connectivity index (χ0n) is 18.6. The lowest BCUT2D eigenvalue weighted by Crippen LogP contribution is -2.52. The monoisotopic (exact) mass is 431 g/mol. The Balaban J connectivity index is 2.18. The van der Waals surface area contributed by atoms with Crippen LogP contribution < -0.4 is 5.32 Å². The minimum absolute atomic E-state index is 0.00251. The number of hydrogen-bond donors (Lipinski definition) is 1. The first-order chi connectivity index (χ1) is 14.2. The van der Waals surface area contributed by atoms with Crippen LogP contribution in [0.3, 0.4) is 0 Å². The summed E-state index contributed by atoms with van der Waals surface area (Å²) in [6.45, 7) is 9.55. The molecule has 0 radical (unpaired) electrons. The maximum atomic E-state index is 13.3. The third-order valence-corrected chi connectivity index (χ3v) is 5.54. The van der Waals surface area contributed by atoms with Crippen molar-refractivity contribution in [3.05, 3.63) is 57.8 Å². The second-order valence-corrected chi connectivity index (χ2v) is 9.36. The Hall–Kier alpha value is -2.38. The zero-order chi connectivity index (χ0) is 22.1. The maximum absolute atomic E-state index is 13.3. The highest BCUT2D eigenvalue weighted by molar-refractivity contribution is 7.10. The molecule has 30 heavy (non-hydrogen) atoms. The molecule has 3 amide bonds. The molecular weight excluding hydrogens is 398 g/mol. The number of rotatable bonds is 9. The first-order valence-corrected chi connectivity index (χ1v) is 11.0. The van der Waals surface area contributed by atoms with E-state index in [2.05, 4.69) is 18.3 Å². The van der Waals surface area contributed by atoms with E-state index in [0.717, 1.165) is 10.4 Å². The molecule has 1 aromatic heterocycles. The van der Waals surface area contributed by atoms with Crippen molar-refractivity contribution in [2.45, 2.75) is 46.3 Å². The maximum Gasteiger partial charge on any atom is 0.318 e. The molecule has 0 unspecified atom stereocenters. The van der Waals surface area contributed by atoms with Gasteiger partial charge in [-0.15, -0.1) is 11.3 Å². The van der Waals surface area contributed by atoms with Gasteiger partial charge in [0.15, 0.2) is 0 Å². The van der Waals surface area contributed by atoms with Gasteiger partial charge in [-0.1, -0.05) is 30.3 Å². The number of amides is 3. The largest absolute Gasteiger partial charge is 0.383 e. The van der Waals surface area contributed by atoms with Crippen molar-refractivity contribution in [1.82, 2.24) is 15.1 Å². The van der Waals surface area contributed by atoms with Crippen molar-refractivity contribution in [3.63, 3.8) is 0 Å². The zero-order valence-corrected chi connectivity index (χ0v) is 19.4. The minimum Gasteiger partial charge on any atom is -0.383 e. The van der Waals surface area contributed by atoms with Crippen LogP contribution in [0.15, 0.2) is 41.8 Å². The molecule has 0 atom stereocenters. The Morgan fingerprint density at radius 3 is 2.33 bits per heavy atom. The number of benzene rings is 1. The normalized spacial score (nSPS) is 11.2. The number of urea groups is 1. The molecule has 1 heterocycles. The van der Waals surface area contributed by atoms with Gasteiger partial charge < -0.3 is 19.9 Å². The van der Waals surface area contributed by atoms with Crippen LogP contribution in [0.5, 0.6) is 0 Å². The fourth-order valence-corrected chi connectivity index (χ4v) is 3.81. The number of thiophene rings is 1. The van der Waals surface area contributed by atoms with E-state index >= 15 is 0 Å². The Bertz CT molecular complexity index is 815. The summed E-state index contributed by atoms with van der Waals surface area (Å²) in [5.41, 5.74) is 1.85. The molecule has 0 fully saturated rings. The summed E-state index contributed by atoms with van der Waals surface area (Å²) in [6, 6.07) is 11.7. The van der Waals surface area contributed by atoms with Crippen molar-refractivity contribution < 1.29 is 14.3 Å². The van der Waals surface area contributed by atoms with Gasteiger partial charge in [0.2, 0.25) is 5.91 Å². The van der Waals surface area contributed by atoms with Crippen molar-refractivity contribution in [2.24, 2.45) is 0 Å². The van der Waals surface area contributed by atoms with E-state index in [-0.39, 0.29) is 24.0 Å². The first-order valence-electron chi connectivity index (χ1n) is 10.1. The Kier molecular flexibility index (Phi) is 8.87. The van der Waals surface area contributed by atoms with E-state index in [0.29, 0.717) is 26.2 Å². The SMILES string of the molecule is COCCN(CC(=O)N(Cc1ccccc1)Cc1sccc1C)C(=O)NC(C)(C)C. The van der Waals surface area contributed by atoms with Gasteiger partial charge in [-0.05, 0) is 50.3 Å². The topological polar surface area (TPSA) is 61.9 Å². The third kappa shape index (κ3) is 7.80. The number of carbonyl (C=O) groups is 2. The van der Waals surface area contributed by atoms with Crippen molar-refractivity contribution >= 4 is 23.3 Å². The van der Waals surface area contributed by atoms with Crippen LogP contribution in [-0.4, -0.2) is 54.1 Å². The molecule has 0 aliphatic rings. The van der Waals surface area contributed by atoms with Crippen molar-refractivity contribution in [2.75, 3.05) is 26.8 Å². The molecule has 0 aliphatic carbocycles. The van der Waals surface area contributed by atoms with Gasteiger partial charge in [-0.2, -0.15) is 0 Å². The smallest absolute Gasteiger partial charge is 0.318 e. The fraction of sp³-hybridized carbons (Fsp3) is 0.478. The van der Waals surface area contributed by atoms with Gasteiger partial charge in [0.25, 0.3) is 0 Å². The van der Waals surface area contributed by atoms with Crippen LogP contribution in [0.1, 0.15) is 36.8 Å². The van der Waals surface area contributed by atoms with E-state index in [1.807, 2.05) is 61.4 Å². The number of carbonyl (C=O) groups excluding carboxylic acids is 2.